The van der Waals surface area contributed by atoms with Crippen LogP contribution < -0.4 is 26.0 Å². The second-order valence-electron chi connectivity index (χ2n) is 10.1. The maximum atomic E-state index is 14.3. The summed E-state index contributed by atoms with van der Waals surface area (Å²) in [5, 5.41) is 14.6. The summed E-state index contributed by atoms with van der Waals surface area (Å²) in [4.78, 5) is 59.3. The zero-order chi connectivity index (χ0) is 36.7. The predicted octanol–water partition coefficient (Wildman–Crippen LogP) is 3.87. The van der Waals surface area contributed by atoms with E-state index in [2.05, 4.69) is 35.3 Å². The van der Waals surface area contributed by atoms with E-state index >= 15 is 0 Å². The Kier molecular flexibility index (Phi) is 17.7. The maximum absolute atomic E-state index is 14.3. The summed E-state index contributed by atoms with van der Waals surface area (Å²) in [5.74, 6) is -1.07. The number of carbonyl (C=O) groups is 2. The number of nitrogens with two attached hydrogens (primary N) is 1. The van der Waals surface area contributed by atoms with E-state index in [1.807, 2.05) is 13.8 Å². The first-order valence-corrected chi connectivity index (χ1v) is 19.6. The Balaban J connectivity index is 0.000000292. The fraction of sp³-hybridized carbons (Fsp3) is 0.519. The summed E-state index contributed by atoms with van der Waals surface area (Å²) in [6.45, 7) is 7.94. The first-order valence-electron chi connectivity index (χ1n) is 14.8. The first-order chi connectivity index (χ1) is 23.1. The van der Waals surface area contributed by atoms with E-state index in [0.717, 1.165) is 55.1 Å². The molecule has 22 heteroatoms. The minimum atomic E-state index is -3.10. The zero-order valence-electron chi connectivity index (χ0n) is 27.2. The molecule has 0 fully saturated rings. The van der Waals surface area contributed by atoms with Gasteiger partial charge in [-0.05, 0) is 68.2 Å². The zero-order valence-corrected chi connectivity index (χ0v) is 31.2. The molecule has 0 saturated carbocycles. The van der Waals surface area contributed by atoms with Crippen molar-refractivity contribution in [2.75, 3.05) is 49.4 Å². The second-order valence-corrected chi connectivity index (χ2v) is 15.4. The number of halogens is 3. The number of carboxylic acid groups (broad SMARTS) is 1. The van der Waals surface area contributed by atoms with Crippen LogP contribution in [-0.2, 0) is 32.0 Å². The van der Waals surface area contributed by atoms with Crippen LogP contribution in [0.5, 0.6) is 0 Å². The number of nitrogens with one attached hydrogen (secondary N) is 2. The number of carbonyl (C=O) groups excluding carboxylic acids is 1. The van der Waals surface area contributed by atoms with Gasteiger partial charge in [0.2, 0.25) is 22.0 Å². The Morgan fingerprint density at radius 2 is 1.76 bits per heavy atom. The van der Waals surface area contributed by atoms with Crippen molar-refractivity contribution in [3.63, 3.8) is 0 Å². The van der Waals surface area contributed by atoms with Crippen LogP contribution in [0.15, 0.2) is 26.8 Å². The Morgan fingerprint density at radius 3 is 2.29 bits per heavy atom. The topological polar surface area (TPSA) is 229 Å². The van der Waals surface area contributed by atoms with Gasteiger partial charge in [-0.1, -0.05) is 11.6 Å². The number of rotatable bonds is 12. The number of thioether (sulfide) groups is 1. The van der Waals surface area contributed by atoms with E-state index in [0.29, 0.717) is 34.7 Å². The van der Waals surface area contributed by atoms with Crippen molar-refractivity contribution in [1.82, 2.24) is 24.3 Å². The molecule has 2 unspecified atom stereocenters. The van der Waals surface area contributed by atoms with Crippen LogP contribution in [0, 0.1) is 5.82 Å². The Bertz CT molecular complexity index is 1730. The summed E-state index contributed by atoms with van der Waals surface area (Å²) < 4.78 is 32.9. The van der Waals surface area contributed by atoms with Crippen molar-refractivity contribution >= 4 is 83.2 Å². The van der Waals surface area contributed by atoms with Crippen LogP contribution in [0.1, 0.15) is 33.1 Å². The van der Waals surface area contributed by atoms with Gasteiger partial charge in [-0.25, -0.2) is 14.1 Å². The minimum absolute atomic E-state index is 0.0412. The van der Waals surface area contributed by atoms with Crippen molar-refractivity contribution in [3.05, 3.63) is 42.7 Å². The fourth-order valence-electron chi connectivity index (χ4n) is 3.76. The highest BCUT2D eigenvalue weighted by molar-refractivity contribution is 8.00. The number of hydrogen-bond acceptors (Lipinski definition) is 14. The Morgan fingerprint density at radius 1 is 1.16 bits per heavy atom. The molecule has 0 saturated heterocycles. The normalized spacial score (nSPS) is 14.2. The first kappa shape index (κ1) is 42.1. The van der Waals surface area contributed by atoms with Gasteiger partial charge < -0.3 is 31.1 Å². The fourth-order valence-corrected chi connectivity index (χ4v) is 6.66. The van der Waals surface area contributed by atoms with Crippen molar-refractivity contribution in [3.8, 4) is 0 Å². The molecule has 0 amide bonds. The number of carboxylic acids is 1. The number of aliphatic carboxylic acids is 1. The largest absolute Gasteiger partial charge is 0.480 e. The van der Waals surface area contributed by atoms with E-state index in [9.17, 15) is 23.3 Å². The number of aromatic nitrogens is 5. The third-order valence-corrected chi connectivity index (χ3v) is 9.71. The average Bonchev–Trinajstić information content (AvgIpc) is 3.35. The number of esters is 1. The molecule has 272 valence electrons. The van der Waals surface area contributed by atoms with Crippen molar-refractivity contribution < 1.29 is 33.3 Å². The molecule has 0 spiro atoms. The number of anilines is 2. The van der Waals surface area contributed by atoms with Gasteiger partial charge in [-0.3, -0.25) is 23.6 Å². The highest BCUT2D eigenvalue weighted by atomic mass is 35.5. The van der Waals surface area contributed by atoms with Crippen LogP contribution in [0.25, 0.3) is 0 Å². The third kappa shape index (κ3) is 14.8. The molecule has 1 aliphatic heterocycles. The van der Waals surface area contributed by atoms with Gasteiger partial charge in [-0.15, -0.1) is 11.8 Å². The van der Waals surface area contributed by atoms with Crippen LogP contribution in [0.4, 0.5) is 22.0 Å². The molecule has 16 nitrogen and oxygen atoms in total. The van der Waals surface area contributed by atoms with Crippen LogP contribution in [0.3, 0.4) is 0 Å². The number of methoxy groups -OCH3 is 1. The summed E-state index contributed by atoms with van der Waals surface area (Å²) >= 11 is 13.9. The van der Waals surface area contributed by atoms with Gasteiger partial charge in [0.25, 0.3) is 0 Å². The van der Waals surface area contributed by atoms with Crippen LogP contribution in [0.2, 0.25) is 10.3 Å². The van der Waals surface area contributed by atoms with Gasteiger partial charge >= 0.3 is 16.8 Å². The van der Waals surface area contributed by atoms with Crippen LogP contribution >= 0.6 is 53.7 Å². The van der Waals surface area contributed by atoms with Crippen molar-refractivity contribution in [2.45, 2.75) is 57.1 Å². The standard InChI is InChI=1S/C15H15ClFN3O3S2.C7H12ClN5.C5H12NO4P/c1-23-13(21)8-24-12-7-11(10(17)6-9(12)16)18-14-19-4-2-3-5-20(19)15(22)25-14;1-3-9-6-11-5(8)12-7(13-6)10-4-2;1-11(9,10)3-2-4(6)5(7)8/h6-7H,2-5,8H2,1H3;3-4H2,1-2H3,(H2,9,10,11,12,13);4H,2-3,6H2,1H3,(H,7,8)(H,9,10)/b18-14-;;. The van der Waals surface area contributed by atoms with E-state index in [4.69, 9.17) is 38.9 Å². The lowest BCUT2D eigenvalue weighted by molar-refractivity contribution is -0.139. The minimum Gasteiger partial charge on any atom is -0.480 e. The van der Waals surface area contributed by atoms with Gasteiger partial charge in [0.15, 0.2) is 7.37 Å². The number of nitrogens with zero attached hydrogens (tertiary/aromatic N) is 6. The lowest BCUT2D eigenvalue weighted by Gasteiger charge is -2.15. The Labute approximate surface area is 299 Å². The van der Waals surface area contributed by atoms with Gasteiger partial charge in [-0.2, -0.15) is 15.0 Å². The number of ether oxygens (including phenoxy) is 1. The maximum Gasteiger partial charge on any atom is 0.325 e. The molecule has 3 aromatic rings. The lowest BCUT2D eigenvalue weighted by Crippen LogP contribution is -2.31. The van der Waals surface area contributed by atoms with Crippen LogP contribution in [-0.4, -0.2) is 91.1 Å². The summed E-state index contributed by atoms with van der Waals surface area (Å²) in [6.07, 6.45) is 1.90. The Hall–Kier alpha value is -3.06. The average molecular weight is 787 g/mol. The van der Waals surface area contributed by atoms with Crippen molar-refractivity contribution in [2.24, 2.45) is 10.7 Å². The van der Waals surface area contributed by atoms with Crippen molar-refractivity contribution in [1.29, 1.82) is 0 Å². The summed E-state index contributed by atoms with van der Waals surface area (Å²) in [7, 11) is -1.81. The molecule has 1 aliphatic rings. The molecule has 3 heterocycles. The molecular formula is C27H39Cl2FN9O7PS2. The molecule has 49 heavy (non-hydrogen) atoms. The van der Waals surface area contributed by atoms with E-state index < -0.39 is 31.2 Å². The second kappa shape index (κ2) is 20.6. The van der Waals surface area contributed by atoms with Gasteiger partial charge in [0, 0.05) is 43.9 Å². The third-order valence-electron chi connectivity index (χ3n) is 6.13. The summed E-state index contributed by atoms with van der Waals surface area (Å²) in [6, 6.07) is 1.61. The summed E-state index contributed by atoms with van der Waals surface area (Å²) in [5.41, 5.74) is 5.17. The number of hydrogen-bond donors (Lipinski definition) is 5. The monoisotopic (exact) mass is 785 g/mol. The number of fused-ring (bicyclic) bond motifs is 1. The number of benzene rings is 1. The SMILES string of the molecule is CCNc1nc(Cl)nc(NCC)n1.COC(=O)CSc1cc(/N=c2\sc(=O)n3n2CCCC3)c(F)cc1Cl.CP(=O)(O)CCC(N)C(=O)O. The molecule has 0 aliphatic carbocycles. The molecule has 1 aromatic carbocycles. The highest BCUT2D eigenvalue weighted by Gasteiger charge is 2.17. The lowest BCUT2D eigenvalue weighted by atomic mass is 10.2. The van der Waals surface area contributed by atoms with E-state index in [1.54, 1.807) is 9.36 Å². The van der Waals surface area contributed by atoms with E-state index in [-0.39, 0.29) is 39.2 Å². The molecule has 2 atom stereocenters. The highest BCUT2D eigenvalue weighted by Crippen LogP contribution is 2.36. The smallest absolute Gasteiger partial charge is 0.325 e. The molecule has 2 aromatic heterocycles. The molecule has 6 N–H and O–H groups in total. The quantitative estimate of drug-likeness (QED) is 0.0998. The predicted molar refractivity (Wildman–Crippen MR) is 189 cm³/mol. The molecule has 0 radical (unpaired) electrons. The van der Waals surface area contributed by atoms with E-state index in [1.165, 1.54) is 19.8 Å². The van der Waals surface area contributed by atoms with Gasteiger partial charge in [0.05, 0.1) is 17.9 Å². The molecule has 4 rings (SSSR count). The molecule has 0 bridgehead atoms. The molecular weight excluding hydrogens is 747 g/mol. The van der Waals surface area contributed by atoms with Gasteiger partial charge in [0.1, 0.15) is 17.5 Å².